The predicted octanol–water partition coefficient (Wildman–Crippen LogP) is 3.53. The van der Waals surface area contributed by atoms with Gasteiger partial charge in [-0.05, 0) is 36.0 Å². The average Bonchev–Trinajstić information content (AvgIpc) is 3.57. The van der Waals surface area contributed by atoms with Crippen LogP contribution >= 0.6 is 0 Å². The number of rotatable bonds is 3. The van der Waals surface area contributed by atoms with E-state index in [1.165, 1.54) is 33.5 Å². The number of ether oxygens (including phenoxy) is 1. The lowest BCUT2D eigenvalue weighted by atomic mass is 9.85. The van der Waals surface area contributed by atoms with E-state index in [9.17, 15) is 4.79 Å². The van der Waals surface area contributed by atoms with Gasteiger partial charge in [0.25, 0.3) is 0 Å². The van der Waals surface area contributed by atoms with Crippen LogP contribution in [-0.2, 0) is 36.0 Å². The van der Waals surface area contributed by atoms with Crippen molar-refractivity contribution >= 4 is 11.5 Å². The number of benzene rings is 1. The first-order valence-corrected chi connectivity index (χ1v) is 11.8. The molecule has 33 heavy (non-hydrogen) atoms. The number of nitrogens with zero attached hydrogens (tertiary/aromatic N) is 5. The SMILES string of the molecule is CC(=O)N1CCc2c(c(C3=CCCc4cc(-c5cnn(C)c5)ccc43)nn2[C@H]2CCOC2)C1. The fourth-order valence-corrected chi connectivity index (χ4v) is 5.47. The van der Waals surface area contributed by atoms with Crippen LogP contribution in [0.1, 0.15) is 53.9 Å². The van der Waals surface area contributed by atoms with Crippen LogP contribution < -0.4 is 0 Å². The van der Waals surface area contributed by atoms with Crippen molar-refractivity contribution in [2.45, 2.75) is 45.2 Å². The zero-order valence-electron chi connectivity index (χ0n) is 19.3. The second-order valence-electron chi connectivity index (χ2n) is 9.36. The second-order valence-corrected chi connectivity index (χ2v) is 9.36. The van der Waals surface area contributed by atoms with Gasteiger partial charge in [-0.1, -0.05) is 24.3 Å². The lowest BCUT2D eigenvalue weighted by Gasteiger charge is -2.28. The number of aryl methyl sites for hydroxylation is 2. The summed E-state index contributed by atoms with van der Waals surface area (Å²) in [6.45, 7) is 4.55. The maximum Gasteiger partial charge on any atom is 0.219 e. The molecule has 1 aromatic carbocycles. The van der Waals surface area contributed by atoms with Gasteiger partial charge in [0.05, 0.1) is 24.5 Å². The molecule has 6 rings (SSSR count). The van der Waals surface area contributed by atoms with Crippen molar-refractivity contribution in [1.29, 1.82) is 0 Å². The molecule has 7 nitrogen and oxygen atoms in total. The second kappa shape index (κ2) is 7.99. The van der Waals surface area contributed by atoms with Crippen LogP contribution in [0.4, 0.5) is 0 Å². The predicted molar refractivity (Wildman–Crippen MR) is 126 cm³/mol. The van der Waals surface area contributed by atoms with Crippen molar-refractivity contribution < 1.29 is 9.53 Å². The van der Waals surface area contributed by atoms with Gasteiger partial charge in [0.1, 0.15) is 0 Å². The third kappa shape index (κ3) is 3.51. The van der Waals surface area contributed by atoms with Crippen LogP contribution in [0.15, 0.2) is 36.7 Å². The molecule has 2 aromatic heterocycles. The molecule has 170 valence electrons. The summed E-state index contributed by atoms with van der Waals surface area (Å²) in [6.07, 6.45) is 10.2. The standard InChI is InChI=1S/C26H29N5O2/c1-17(32)30-10-8-25-24(15-30)26(28-31(25)21-9-11-33-16-21)23-5-3-4-19-12-18(6-7-22(19)23)20-13-27-29(2)14-20/h5-7,12-14,21H,3-4,8-11,15-16H2,1-2H3/t21-/m0/s1. The number of aromatic nitrogens is 4. The zero-order chi connectivity index (χ0) is 22.5. The minimum absolute atomic E-state index is 0.127. The summed E-state index contributed by atoms with van der Waals surface area (Å²) in [5.41, 5.74) is 9.66. The minimum Gasteiger partial charge on any atom is -0.379 e. The number of allylic oxidation sites excluding steroid dienone is 1. The van der Waals surface area contributed by atoms with Gasteiger partial charge in [-0.3, -0.25) is 14.2 Å². The van der Waals surface area contributed by atoms with Gasteiger partial charge in [0, 0.05) is 68.7 Å². The van der Waals surface area contributed by atoms with Crippen LogP contribution in [0.5, 0.6) is 0 Å². The molecule has 1 fully saturated rings. The van der Waals surface area contributed by atoms with Crippen molar-refractivity contribution in [2.24, 2.45) is 7.05 Å². The molecule has 0 unspecified atom stereocenters. The van der Waals surface area contributed by atoms with Crippen molar-refractivity contribution in [3.05, 3.63) is 64.7 Å². The first-order chi connectivity index (χ1) is 16.1. The number of hydrogen-bond donors (Lipinski definition) is 0. The Labute approximate surface area is 193 Å². The normalized spacial score (nSPS) is 19.9. The van der Waals surface area contributed by atoms with Gasteiger partial charge in [0.15, 0.2) is 0 Å². The lowest BCUT2D eigenvalue weighted by molar-refractivity contribution is -0.129. The quantitative estimate of drug-likeness (QED) is 0.621. The first-order valence-electron chi connectivity index (χ1n) is 11.8. The molecule has 4 heterocycles. The minimum atomic E-state index is 0.127. The van der Waals surface area contributed by atoms with E-state index in [0.29, 0.717) is 13.2 Å². The van der Waals surface area contributed by atoms with Crippen molar-refractivity contribution in [2.75, 3.05) is 19.8 Å². The van der Waals surface area contributed by atoms with E-state index in [1.54, 1.807) is 6.92 Å². The maximum absolute atomic E-state index is 12.2. The lowest BCUT2D eigenvalue weighted by Crippen LogP contribution is -2.35. The molecule has 7 heteroatoms. The number of carbonyl (C=O) groups excluding carboxylic acids is 1. The van der Waals surface area contributed by atoms with E-state index in [-0.39, 0.29) is 11.9 Å². The van der Waals surface area contributed by atoms with Crippen LogP contribution in [0.3, 0.4) is 0 Å². The Morgan fingerprint density at radius 2 is 2.12 bits per heavy atom. The highest BCUT2D eigenvalue weighted by Gasteiger charge is 2.32. The topological polar surface area (TPSA) is 65.2 Å². The van der Waals surface area contributed by atoms with Gasteiger partial charge in [0.2, 0.25) is 5.91 Å². The van der Waals surface area contributed by atoms with Crippen molar-refractivity contribution in [3.8, 4) is 11.1 Å². The van der Waals surface area contributed by atoms with E-state index in [2.05, 4.69) is 40.3 Å². The molecule has 1 aliphatic carbocycles. The van der Waals surface area contributed by atoms with Crippen LogP contribution in [0, 0.1) is 0 Å². The van der Waals surface area contributed by atoms with E-state index < -0.39 is 0 Å². The fraction of sp³-hybridized carbons (Fsp3) is 0.423. The number of fused-ring (bicyclic) bond motifs is 2. The molecule has 0 saturated carbocycles. The van der Waals surface area contributed by atoms with Gasteiger partial charge >= 0.3 is 0 Å². The Kier molecular flexibility index (Phi) is 4.94. The number of hydrogen-bond acceptors (Lipinski definition) is 4. The zero-order valence-corrected chi connectivity index (χ0v) is 19.3. The van der Waals surface area contributed by atoms with E-state index in [0.717, 1.165) is 50.1 Å². The van der Waals surface area contributed by atoms with E-state index in [1.807, 2.05) is 22.8 Å². The molecule has 3 aromatic rings. The molecule has 1 atom stereocenters. The highest BCUT2D eigenvalue weighted by Crippen LogP contribution is 2.38. The highest BCUT2D eigenvalue weighted by molar-refractivity contribution is 5.84. The smallest absolute Gasteiger partial charge is 0.219 e. The van der Waals surface area contributed by atoms with Gasteiger partial charge in [-0.25, -0.2) is 0 Å². The number of carbonyl (C=O) groups is 1. The Bertz CT molecular complexity index is 1260. The van der Waals surface area contributed by atoms with Gasteiger partial charge in [-0.2, -0.15) is 10.2 Å². The van der Waals surface area contributed by atoms with Gasteiger partial charge < -0.3 is 9.64 Å². The van der Waals surface area contributed by atoms with Crippen LogP contribution in [0.2, 0.25) is 0 Å². The molecule has 0 spiro atoms. The molecular formula is C26H29N5O2. The largest absolute Gasteiger partial charge is 0.379 e. The van der Waals surface area contributed by atoms with Crippen molar-refractivity contribution in [3.63, 3.8) is 0 Å². The summed E-state index contributed by atoms with van der Waals surface area (Å²) in [5, 5.41) is 9.52. The molecule has 2 aliphatic heterocycles. The maximum atomic E-state index is 12.2. The van der Waals surface area contributed by atoms with Crippen molar-refractivity contribution in [1.82, 2.24) is 24.5 Å². The molecule has 1 saturated heterocycles. The molecule has 0 N–H and O–H groups in total. The van der Waals surface area contributed by atoms with Crippen LogP contribution in [0.25, 0.3) is 16.7 Å². The van der Waals surface area contributed by atoms with Gasteiger partial charge in [-0.15, -0.1) is 0 Å². The molecular weight excluding hydrogens is 414 g/mol. The van der Waals surface area contributed by atoms with Crippen LogP contribution in [-0.4, -0.2) is 50.1 Å². The first kappa shape index (κ1) is 20.4. The average molecular weight is 444 g/mol. The third-order valence-electron chi connectivity index (χ3n) is 7.23. The Hall–Kier alpha value is -3.19. The Morgan fingerprint density at radius 3 is 2.88 bits per heavy atom. The van der Waals surface area contributed by atoms with E-state index >= 15 is 0 Å². The highest BCUT2D eigenvalue weighted by atomic mass is 16.5. The Morgan fingerprint density at radius 1 is 1.21 bits per heavy atom. The third-order valence-corrected chi connectivity index (χ3v) is 7.23. The summed E-state index contributed by atoms with van der Waals surface area (Å²) in [7, 11) is 1.95. The molecule has 1 amide bonds. The summed E-state index contributed by atoms with van der Waals surface area (Å²) in [5.74, 6) is 0.127. The Balaban J connectivity index is 1.43. The summed E-state index contributed by atoms with van der Waals surface area (Å²) < 4.78 is 9.74. The molecule has 3 aliphatic rings. The monoisotopic (exact) mass is 443 g/mol. The molecule has 0 bridgehead atoms. The fourth-order valence-electron chi connectivity index (χ4n) is 5.47. The molecule has 0 radical (unpaired) electrons. The van der Waals surface area contributed by atoms with E-state index in [4.69, 9.17) is 9.84 Å². The summed E-state index contributed by atoms with van der Waals surface area (Å²) >= 11 is 0. The summed E-state index contributed by atoms with van der Waals surface area (Å²) in [6, 6.07) is 7.01. The summed E-state index contributed by atoms with van der Waals surface area (Å²) in [4.78, 5) is 14.1. The number of amides is 1.